The van der Waals surface area contributed by atoms with Crippen molar-refractivity contribution in [3.05, 3.63) is 35.2 Å². The van der Waals surface area contributed by atoms with Gasteiger partial charge in [-0.05, 0) is 30.0 Å². The first-order chi connectivity index (χ1) is 8.84. The summed E-state index contributed by atoms with van der Waals surface area (Å²) in [5.41, 5.74) is 8.23. The van der Waals surface area contributed by atoms with Gasteiger partial charge in [0.25, 0.3) is 0 Å². The lowest BCUT2D eigenvalue weighted by Crippen LogP contribution is -2.56. The van der Waals surface area contributed by atoms with Crippen LogP contribution in [0.4, 0.5) is 0 Å². The van der Waals surface area contributed by atoms with Crippen molar-refractivity contribution in [2.24, 2.45) is 0 Å². The predicted octanol–water partition coefficient (Wildman–Crippen LogP) is 0.0575. The third-order valence-corrected chi connectivity index (χ3v) is 3.96. The Hall–Kier alpha value is -1.88. The van der Waals surface area contributed by atoms with Crippen LogP contribution in [0, 0.1) is 0 Å². The average molecular weight is 242 g/mol. The van der Waals surface area contributed by atoms with Crippen molar-refractivity contribution in [3.63, 3.8) is 0 Å². The number of pyridine rings is 1. The minimum Gasteiger partial charge on any atom is -0.353 e. The summed E-state index contributed by atoms with van der Waals surface area (Å²) in [6.45, 7) is 1.57. The summed E-state index contributed by atoms with van der Waals surface area (Å²) in [5, 5.41) is 5.00. The molecule has 0 aromatic carbocycles. The fourth-order valence-electron chi connectivity index (χ4n) is 3.12. The fourth-order valence-corrected chi connectivity index (χ4v) is 3.12. The first kappa shape index (κ1) is 10.1. The number of aryl methyl sites for hydroxylation is 1. The summed E-state index contributed by atoms with van der Waals surface area (Å²) in [6, 6.07) is 1.92. The lowest BCUT2D eigenvalue weighted by Gasteiger charge is -2.30. The molecule has 1 aliphatic carbocycles. The van der Waals surface area contributed by atoms with Crippen molar-refractivity contribution in [2.45, 2.75) is 18.9 Å². The molecule has 1 atom stereocenters. The zero-order chi connectivity index (χ0) is 12.1. The summed E-state index contributed by atoms with van der Waals surface area (Å²) in [5.74, 6) is 0.122. The molecule has 1 saturated heterocycles. The molecule has 2 N–H and O–H groups in total. The summed E-state index contributed by atoms with van der Waals surface area (Å²) >= 11 is 0. The van der Waals surface area contributed by atoms with Crippen LogP contribution in [-0.2, 0) is 11.2 Å². The number of aromatic nitrogens is 1. The Morgan fingerprint density at radius 2 is 2.33 bits per heavy atom. The number of amides is 1. The van der Waals surface area contributed by atoms with E-state index in [2.05, 4.69) is 20.7 Å². The molecule has 1 aromatic rings. The van der Waals surface area contributed by atoms with E-state index in [1.165, 1.54) is 16.7 Å². The van der Waals surface area contributed by atoms with E-state index in [0.717, 1.165) is 25.1 Å². The van der Waals surface area contributed by atoms with E-state index in [0.29, 0.717) is 6.54 Å². The largest absolute Gasteiger partial charge is 0.353 e. The van der Waals surface area contributed by atoms with Gasteiger partial charge in [-0.2, -0.15) is 0 Å². The molecule has 3 heterocycles. The van der Waals surface area contributed by atoms with Crippen LogP contribution in [0.3, 0.4) is 0 Å². The zero-order valence-corrected chi connectivity index (χ0v) is 9.94. The molecule has 92 valence electrons. The third-order valence-electron chi connectivity index (χ3n) is 3.96. The van der Waals surface area contributed by atoms with Crippen molar-refractivity contribution >= 4 is 11.6 Å². The quantitative estimate of drug-likeness (QED) is 0.675. The topological polar surface area (TPSA) is 57.3 Å². The highest BCUT2D eigenvalue weighted by Gasteiger charge is 2.41. The van der Waals surface area contributed by atoms with E-state index < -0.39 is 0 Å². The van der Waals surface area contributed by atoms with E-state index in [1.54, 1.807) is 0 Å². The van der Waals surface area contributed by atoms with Crippen molar-refractivity contribution in [2.75, 3.05) is 13.1 Å². The van der Waals surface area contributed by atoms with E-state index in [9.17, 15) is 4.79 Å². The molecule has 0 saturated carbocycles. The van der Waals surface area contributed by atoms with Crippen LogP contribution < -0.4 is 10.7 Å². The number of piperazine rings is 1. The molecule has 1 aromatic heterocycles. The maximum absolute atomic E-state index is 12.0. The molecular weight excluding hydrogens is 228 g/mol. The van der Waals surface area contributed by atoms with Crippen LogP contribution in [0.1, 0.15) is 17.5 Å². The highest BCUT2D eigenvalue weighted by molar-refractivity contribution is 5.91. The molecule has 18 heavy (non-hydrogen) atoms. The Morgan fingerprint density at radius 3 is 3.28 bits per heavy atom. The normalized spacial score (nSPS) is 26.0. The van der Waals surface area contributed by atoms with Crippen molar-refractivity contribution in [3.8, 4) is 0 Å². The van der Waals surface area contributed by atoms with E-state index >= 15 is 0 Å². The van der Waals surface area contributed by atoms with Gasteiger partial charge in [-0.15, -0.1) is 0 Å². The van der Waals surface area contributed by atoms with Gasteiger partial charge >= 0.3 is 0 Å². The van der Waals surface area contributed by atoms with Gasteiger partial charge in [-0.1, -0.05) is 0 Å². The maximum Gasteiger partial charge on any atom is 0.243 e. The smallest absolute Gasteiger partial charge is 0.243 e. The highest BCUT2D eigenvalue weighted by atomic mass is 16.2. The maximum atomic E-state index is 12.0. The number of carbonyl (C=O) groups is 1. The fraction of sp³-hybridized carbons (Fsp3) is 0.385. The number of carbonyl (C=O) groups excluding carboxylic acids is 1. The number of hydrogen-bond donors (Lipinski definition) is 2. The van der Waals surface area contributed by atoms with Crippen molar-refractivity contribution in [1.29, 1.82) is 0 Å². The molecule has 0 bridgehead atoms. The number of rotatable bonds is 0. The Morgan fingerprint density at radius 1 is 1.39 bits per heavy atom. The minimum absolute atomic E-state index is 0.116. The molecule has 0 spiro atoms. The van der Waals surface area contributed by atoms with Crippen LogP contribution >= 0.6 is 0 Å². The minimum atomic E-state index is -0.116. The Balaban J connectivity index is 1.83. The SMILES string of the molecule is O=C1NCCN2NC3=C(CCc4cnccc43)C12. The van der Waals surface area contributed by atoms with Crippen LogP contribution in [0.2, 0.25) is 0 Å². The lowest BCUT2D eigenvalue weighted by atomic mass is 9.88. The van der Waals surface area contributed by atoms with Crippen LogP contribution in [0.25, 0.3) is 5.70 Å². The van der Waals surface area contributed by atoms with Crippen molar-refractivity contribution in [1.82, 2.24) is 20.7 Å². The van der Waals surface area contributed by atoms with E-state index in [1.807, 2.05) is 18.5 Å². The molecular formula is C13H14N4O. The van der Waals surface area contributed by atoms with Crippen LogP contribution in [0.5, 0.6) is 0 Å². The van der Waals surface area contributed by atoms with Gasteiger partial charge in [-0.3, -0.25) is 9.78 Å². The van der Waals surface area contributed by atoms with Gasteiger partial charge in [-0.25, -0.2) is 5.01 Å². The Kier molecular flexibility index (Phi) is 1.99. The molecule has 2 aliphatic heterocycles. The average Bonchev–Trinajstić information content (AvgIpc) is 2.79. The van der Waals surface area contributed by atoms with E-state index in [4.69, 9.17) is 0 Å². The summed E-state index contributed by atoms with van der Waals surface area (Å²) in [7, 11) is 0. The monoisotopic (exact) mass is 242 g/mol. The molecule has 1 unspecified atom stereocenters. The molecule has 0 radical (unpaired) electrons. The van der Waals surface area contributed by atoms with E-state index in [-0.39, 0.29) is 11.9 Å². The molecule has 4 rings (SSSR count). The summed E-state index contributed by atoms with van der Waals surface area (Å²) in [4.78, 5) is 16.2. The molecule has 1 fully saturated rings. The first-order valence-corrected chi connectivity index (χ1v) is 6.32. The second kappa shape index (κ2) is 3.55. The summed E-state index contributed by atoms with van der Waals surface area (Å²) < 4.78 is 0. The van der Waals surface area contributed by atoms with Crippen molar-refractivity contribution < 1.29 is 4.79 Å². The Labute approximate surface area is 105 Å². The standard InChI is InChI=1S/C13H14N4O/c18-13-12-10-2-1-8-7-14-4-3-9(8)11(10)16-17(12)6-5-15-13/h3-4,7,12,16H,1-2,5-6H2,(H,15,18). The second-order valence-corrected chi connectivity index (χ2v) is 4.93. The second-order valence-electron chi connectivity index (χ2n) is 4.93. The van der Waals surface area contributed by atoms with Gasteiger partial charge in [0.1, 0.15) is 6.04 Å². The lowest BCUT2D eigenvalue weighted by molar-refractivity contribution is -0.127. The van der Waals surface area contributed by atoms with Crippen LogP contribution in [0.15, 0.2) is 24.0 Å². The predicted molar refractivity (Wildman–Crippen MR) is 66.1 cm³/mol. The third kappa shape index (κ3) is 1.25. The zero-order valence-electron chi connectivity index (χ0n) is 9.94. The molecule has 1 amide bonds. The summed E-state index contributed by atoms with van der Waals surface area (Å²) in [6.07, 6.45) is 5.66. The Bertz CT molecular complexity index is 566. The number of hydrazine groups is 1. The first-order valence-electron chi connectivity index (χ1n) is 6.32. The molecule has 5 heteroatoms. The number of nitrogens with one attached hydrogen (secondary N) is 2. The van der Waals surface area contributed by atoms with Gasteiger partial charge in [0.2, 0.25) is 5.91 Å². The van der Waals surface area contributed by atoms with Gasteiger partial charge in [0, 0.05) is 31.0 Å². The molecule has 3 aliphatic rings. The van der Waals surface area contributed by atoms with Gasteiger partial charge in [0.05, 0.1) is 5.70 Å². The number of nitrogens with zero attached hydrogens (tertiary/aromatic N) is 2. The number of hydrogen-bond acceptors (Lipinski definition) is 4. The van der Waals surface area contributed by atoms with Gasteiger partial charge < -0.3 is 10.7 Å². The number of fused-ring (bicyclic) bond motifs is 4. The highest BCUT2D eigenvalue weighted by Crippen LogP contribution is 2.37. The van der Waals surface area contributed by atoms with Gasteiger partial charge in [0.15, 0.2) is 0 Å². The molecule has 5 nitrogen and oxygen atoms in total. The van der Waals surface area contributed by atoms with Crippen LogP contribution in [-0.4, -0.2) is 35.0 Å².